The molecule has 0 amide bonds. The average Bonchev–Trinajstić information content (AvgIpc) is 2.91. The number of ether oxygens (including phenoxy) is 1. The third-order valence-electron chi connectivity index (χ3n) is 6.80. The van der Waals surface area contributed by atoms with Gasteiger partial charge in [-0.1, -0.05) is 58.9 Å². The van der Waals surface area contributed by atoms with Gasteiger partial charge in [-0.3, -0.25) is 9.36 Å². The lowest BCUT2D eigenvalue weighted by atomic mass is 9.87. The number of benzene rings is 3. The molecular weight excluding hydrogens is 510 g/mol. The molecule has 0 aliphatic rings. The minimum Gasteiger partial charge on any atom is -0.493 e. The Morgan fingerprint density at radius 2 is 1.54 bits per heavy atom. The van der Waals surface area contributed by atoms with Crippen molar-refractivity contribution in [2.24, 2.45) is 5.92 Å². The fraction of sp³-hybridized carbons (Fsp3) is 0.355. The van der Waals surface area contributed by atoms with E-state index in [1.165, 1.54) is 15.9 Å². The maximum absolute atomic E-state index is 13.8. The highest BCUT2D eigenvalue weighted by molar-refractivity contribution is 7.89. The van der Waals surface area contributed by atoms with Crippen molar-refractivity contribution in [3.63, 3.8) is 0 Å². The molecule has 8 heteroatoms. The van der Waals surface area contributed by atoms with Crippen LogP contribution in [-0.4, -0.2) is 35.9 Å². The van der Waals surface area contributed by atoms with E-state index in [9.17, 15) is 13.2 Å². The van der Waals surface area contributed by atoms with Crippen LogP contribution in [-0.2, 0) is 15.4 Å². The molecule has 0 saturated heterocycles. The average molecular weight is 548 g/mol. The molecule has 1 atom stereocenters. The van der Waals surface area contributed by atoms with E-state index in [1.54, 1.807) is 49.4 Å². The summed E-state index contributed by atoms with van der Waals surface area (Å²) in [5.41, 5.74) is 1.78. The summed E-state index contributed by atoms with van der Waals surface area (Å²) in [4.78, 5) is 18.7. The highest BCUT2D eigenvalue weighted by atomic mass is 32.2. The number of para-hydroxylation sites is 1. The lowest BCUT2D eigenvalue weighted by Gasteiger charge is -2.27. The lowest BCUT2D eigenvalue weighted by molar-refractivity contribution is 0.271. The van der Waals surface area contributed by atoms with Gasteiger partial charge in [0, 0.05) is 7.05 Å². The summed E-state index contributed by atoms with van der Waals surface area (Å²) in [5, 5.41) is 0.455. The first kappa shape index (κ1) is 28.5. The lowest BCUT2D eigenvalue weighted by Crippen LogP contribution is -2.35. The van der Waals surface area contributed by atoms with Crippen LogP contribution in [0.2, 0.25) is 0 Å². The SMILES string of the molecule is CC(C)COc1ccc(-n2c(C(C)N(C)S(=O)(=O)c3ccc(C(C)(C)C)cc3)nc3ccccc3c2=O)cc1. The van der Waals surface area contributed by atoms with Crippen LogP contribution in [0.4, 0.5) is 0 Å². The van der Waals surface area contributed by atoms with Gasteiger partial charge in [-0.05, 0) is 72.4 Å². The van der Waals surface area contributed by atoms with Crippen LogP contribution in [0, 0.1) is 5.92 Å². The highest BCUT2D eigenvalue weighted by Gasteiger charge is 2.30. The zero-order valence-corrected chi connectivity index (χ0v) is 24.5. The van der Waals surface area contributed by atoms with Crippen LogP contribution in [0.15, 0.2) is 82.5 Å². The van der Waals surface area contributed by atoms with Crippen molar-refractivity contribution in [1.29, 1.82) is 0 Å². The van der Waals surface area contributed by atoms with Crippen molar-refractivity contribution in [2.45, 2.75) is 57.9 Å². The Kier molecular flexibility index (Phi) is 8.00. The summed E-state index contributed by atoms with van der Waals surface area (Å²) in [6, 6.07) is 20.5. The van der Waals surface area contributed by atoms with E-state index in [2.05, 4.69) is 34.6 Å². The Morgan fingerprint density at radius 3 is 2.13 bits per heavy atom. The van der Waals surface area contributed by atoms with Crippen molar-refractivity contribution in [3.8, 4) is 11.4 Å². The summed E-state index contributed by atoms with van der Waals surface area (Å²) in [7, 11) is -2.36. The van der Waals surface area contributed by atoms with Gasteiger partial charge in [-0.15, -0.1) is 0 Å². The maximum Gasteiger partial charge on any atom is 0.266 e. The zero-order chi connectivity index (χ0) is 28.5. The standard InChI is InChI=1S/C31H37N3O4S/c1-21(2)20-38-25-16-14-24(15-17-25)34-29(32-28-11-9-8-10-27(28)30(34)35)22(3)33(7)39(36,37)26-18-12-23(13-19-26)31(4,5)6/h8-19,21-22H,20H2,1-7H3. The summed E-state index contributed by atoms with van der Waals surface area (Å²) >= 11 is 0. The van der Waals surface area contributed by atoms with Crippen molar-refractivity contribution >= 4 is 20.9 Å². The largest absolute Gasteiger partial charge is 0.493 e. The predicted octanol–water partition coefficient (Wildman–Crippen LogP) is 6.10. The smallest absolute Gasteiger partial charge is 0.266 e. The van der Waals surface area contributed by atoms with Gasteiger partial charge in [-0.2, -0.15) is 4.31 Å². The summed E-state index contributed by atoms with van der Waals surface area (Å²) in [5.74, 6) is 1.40. The quantitative estimate of drug-likeness (QED) is 0.266. The molecule has 0 aliphatic carbocycles. The van der Waals surface area contributed by atoms with Crippen LogP contribution in [0.5, 0.6) is 5.75 Å². The fourth-order valence-electron chi connectivity index (χ4n) is 4.30. The third-order valence-corrected chi connectivity index (χ3v) is 8.74. The minimum atomic E-state index is -3.88. The number of nitrogens with zero attached hydrogens (tertiary/aromatic N) is 3. The van der Waals surface area contributed by atoms with E-state index in [-0.39, 0.29) is 15.9 Å². The molecule has 0 radical (unpaired) electrons. The molecule has 1 heterocycles. The summed E-state index contributed by atoms with van der Waals surface area (Å²) in [6.07, 6.45) is 0. The van der Waals surface area contributed by atoms with Crippen molar-refractivity contribution < 1.29 is 13.2 Å². The maximum atomic E-state index is 13.8. The van der Waals surface area contributed by atoms with E-state index in [1.807, 2.05) is 30.3 Å². The predicted molar refractivity (Wildman–Crippen MR) is 156 cm³/mol. The molecule has 206 valence electrons. The van der Waals surface area contributed by atoms with E-state index < -0.39 is 16.1 Å². The van der Waals surface area contributed by atoms with Gasteiger partial charge in [0.1, 0.15) is 11.6 Å². The van der Waals surface area contributed by atoms with Gasteiger partial charge in [0.05, 0.1) is 34.1 Å². The molecule has 4 rings (SSSR count). The molecule has 1 unspecified atom stereocenters. The topological polar surface area (TPSA) is 81.5 Å². The van der Waals surface area contributed by atoms with Crippen molar-refractivity contribution in [2.75, 3.05) is 13.7 Å². The molecule has 0 saturated carbocycles. The molecule has 0 spiro atoms. The molecule has 0 fully saturated rings. The second kappa shape index (κ2) is 10.9. The van der Waals surface area contributed by atoms with E-state index >= 15 is 0 Å². The molecule has 39 heavy (non-hydrogen) atoms. The van der Waals surface area contributed by atoms with Crippen LogP contribution in [0.1, 0.15) is 59.0 Å². The Balaban J connectivity index is 1.79. The van der Waals surface area contributed by atoms with Gasteiger partial charge in [0.15, 0.2) is 0 Å². The molecule has 3 aromatic carbocycles. The number of hydrogen-bond donors (Lipinski definition) is 0. The van der Waals surface area contributed by atoms with Gasteiger partial charge in [-0.25, -0.2) is 13.4 Å². The normalized spacial score (nSPS) is 13.3. The highest BCUT2D eigenvalue weighted by Crippen LogP contribution is 2.29. The number of aromatic nitrogens is 2. The first-order chi connectivity index (χ1) is 18.3. The van der Waals surface area contributed by atoms with Crippen LogP contribution >= 0.6 is 0 Å². The molecule has 0 aliphatic heterocycles. The molecule has 0 bridgehead atoms. The Hall–Kier alpha value is -3.49. The van der Waals surface area contributed by atoms with Gasteiger partial charge in [0.25, 0.3) is 5.56 Å². The molecule has 4 aromatic rings. The fourth-order valence-corrected chi connectivity index (χ4v) is 5.62. The van der Waals surface area contributed by atoms with E-state index in [4.69, 9.17) is 9.72 Å². The van der Waals surface area contributed by atoms with Crippen molar-refractivity contribution in [1.82, 2.24) is 13.9 Å². The second-order valence-corrected chi connectivity index (χ2v) is 13.3. The summed E-state index contributed by atoms with van der Waals surface area (Å²) in [6.45, 7) is 12.7. The number of fused-ring (bicyclic) bond motifs is 1. The van der Waals surface area contributed by atoms with Crippen LogP contribution < -0.4 is 10.3 Å². The Morgan fingerprint density at radius 1 is 0.923 bits per heavy atom. The summed E-state index contributed by atoms with van der Waals surface area (Å²) < 4.78 is 35.9. The van der Waals surface area contributed by atoms with Gasteiger partial charge in [0.2, 0.25) is 10.0 Å². The number of sulfonamides is 1. The molecule has 7 nitrogen and oxygen atoms in total. The molecular formula is C31H37N3O4S. The van der Waals surface area contributed by atoms with Gasteiger partial charge >= 0.3 is 0 Å². The second-order valence-electron chi connectivity index (χ2n) is 11.3. The van der Waals surface area contributed by atoms with Crippen LogP contribution in [0.25, 0.3) is 16.6 Å². The molecule has 0 N–H and O–H groups in total. The van der Waals surface area contributed by atoms with Crippen LogP contribution in [0.3, 0.4) is 0 Å². The zero-order valence-electron chi connectivity index (χ0n) is 23.7. The Bertz CT molecular complexity index is 1620. The van der Waals surface area contributed by atoms with Gasteiger partial charge < -0.3 is 4.74 Å². The number of rotatable bonds is 8. The van der Waals surface area contributed by atoms with Crippen molar-refractivity contribution in [3.05, 3.63) is 94.5 Å². The first-order valence-corrected chi connectivity index (χ1v) is 14.6. The van der Waals surface area contributed by atoms with E-state index in [0.717, 1.165) is 5.56 Å². The Labute approximate surface area is 231 Å². The monoisotopic (exact) mass is 547 g/mol. The van der Waals surface area contributed by atoms with E-state index in [0.29, 0.717) is 40.7 Å². The third kappa shape index (κ3) is 5.92. The molecule has 1 aromatic heterocycles. The number of hydrogen-bond acceptors (Lipinski definition) is 5. The first-order valence-electron chi connectivity index (χ1n) is 13.1. The minimum absolute atomic E-state index is 0.0953.